The lowest BCUT2D eigenvalue weighted by molar-refractivity contribution is 0.0945. The molecule has 0 aliphatic rings. The van der Waals surface area contributed by atoms with E-state index < -0.39 is 0 Å². The number of aromatic nitrogens is 2. The lowest BCUT2D eigenvalue weighted by atomic mass is 10.1. The number of rotatable bonds is 6. The van der Waals surface area contributed by atoms with Crippen LogP contribution in [-0.4, -0.2) is 29.9 Å². The molecular weight excluding hydrogens is 342 g/mol. The number of carbonyl (C=O) groups excluding carboxylic acids is 1. The molecule has 0 bridgehead atoms. The number of aryl methyl sites for hydroxylation is 2. The van der Waals surface area contributed by atoms with Crippen molar-refractivity contribution in [2.45, 2.75) is 13.5 Å². The van der Waals surface area contributed by atoms with Crippen molar-refractivity contribution >= 4 is 5.91 Å². The average molecular weight is 365 g/mol. The Morgan fingerprint density at radius 1 is 1.04 bits per heavy atom. The number of amides is 1. The molecule has 0 saturated carbocycles. The van der Waals surface area contributed by atoms with Crippen LogP contribution in [0.2, 0.25) is 0 Å². The number of benzene rings is 2. The third-order valence-electron chi connectivity index (χ3n) is 4.36. The Balaban J connectivity index is 1.72. The number of methoxy groups -OCH3 is 2. The van der Waals surface area contributed by atoms with Gasteiger partial charge < -0.3 is 14.8 Å². The normalized spacial score (nSPS) is 10.5. The molecular formula is C21H23N3O3. The molecule has 0 unspecified atom stereocenters. The molecule has 0 saturated heterocycles. The van der Waals surface area contributed by atoms with Crippen LogP contribution >= 0.6 is 0 Å². The van der Waals surface area contributed by atoms with Gasteiger partial charge in [-0.1, -0.05) is 35.9 Å². The van der Waals surface area contributed by atoms with E-state index in [1.807, 2.05) is 56.4 Å². The zero-order valence-electron chi connectivity index (χ0n) is 15.9. The predicted octanol–water partition coefficient (Wildman–Crippen LogP) is 3.34. The maximum atomic E-state index is 12.5. The highest BCUT2D eigenvalue weighted by Crippen LogP contribution is 2.27. The van der Waals surface area contributed by atoms with E-state index in [2.05, 4.69) is 10.4 Å². The third-order valence-corrected chi connectivity index (χ3v) is 4.36. The van der Waals surface area contributed by atoms with E-state index >= 15 is 0 Å². The molecule has 0 spiro atoms. The smallest absolute Gasteiger partial charge is 0.272 e. The summed E-state index contributed by atoms with van der Waals surface area (Å²) in [4.78, 5) is 12.5. The van der Waals surface area contributed by atoms with E-state index in [0.717, 1.165) is 16.8 Å². The number of nitrogens with zero attached hydrogens (tertiary/aromatic N) is 2. The van der Waals surface area contributed by atoms with Crippen LogP contribution in [0.25, 0.3) is 11.3 Å². The summed E-state index contributed by atoms with van der Waals surface area (Å²) in [6.45, 7) is 2.41. The van der Waals surface area contributed by atoms with Crippen LogP contribution in [0.1, 0.15) is 21.6 Å². The summed E-state index contributed by atoms with van der Waals surface area (Å²) in [6.07, 6.45) is 0. The first-order chi connectivity index (χ1) is 13.0. The van der Waals surface area contributed by atoms with Crippen LogP contribution in [0.3, 0.4) is 0 Å². The highest BCUT2D eigenvalue weighted by Gasteiger charge is 2.14. The number of hydrogen-bond acceptors (Lipinski definition) is 4. The van der Waals surface area contributed by atoms with Crippen LogP contribution in [0, 0.1) is 6.92 Å². The zero-order valence-corrected chi connectivity index (χ0v) is 15.9. The van der Waals surface area contributed by atoms with Gasteiger partial charge in [-0.05, 0) is 36.2 Å². The maximum Gasteiger partial charge on any atom is 0.272 e. The topological polar surface area (TPSA) is 65.4 Å². The second kappa shape index (κ2) is 7.95. The van der Waals surface area contributed by atoms with Gasteiger partial charge >= 0.3 is 0 Å². The summed E-state index contributed by atoms with van der Waals surface area (Å²) >= 11 is 0. The second-order valence-electron chi connectivity index (χ2n) is 6.28. The molecule has 1 aromatic heterocycles. The van der Waals surface area contributed by atoms with Crippen molar-refractivity contribution in [2.24, 2.45) is 7.05 Å². The van der Waals surface area contributed by atoms with Gasteiger partial charge in [-0.15, -0.1) is 0 Å². The lowest BCUT2D eigenvalue weighted by Gasteiger charge is -2.10. The van der Waals surface area contributed by atoms with Crippen LogP contribution < -0.4 is 14.8 Å². The first-order valence-electron chi connectivity index (χ1n) is 8.62. The Hall–Kier alpha value is -3.28. The minimum absolute atomic E-state index is 0.223. The van der Waals surface area contributed by atoms with Crippen molar-refractivity contribution < 1.29 is 14.3 Å². The van der Waals surface area contributed by atoms with E-state index in [1.54, 1.807) is 25.0 Å². The first kappa shape index (κ1) is 18.5. The van der Waals surface area contributed by atoms with Crippen molar-refractivity contribution in [3.63, 3.8) is 0 Å². The van der Waals surface area contributed by atoms with Gasteiger partial charge in [0.25, 0.3) is 5.91 Å². The molecule has 2 aromatic carbocycles. The quantitative estimate of drug-likeness (QED) is 0.728. The summed E-state index contributed by atoms with van der Waals surface area (Å²) in [5, 5.41) is 7.24. The number of carbonyl (C=O) groups is 1. The van der Waals surface area contributed by atoms with E-state index in [0.29, 0.717) is 23.7 Å². The van der Waals surface area contributed by atoms with Crippen molar-refractivity contribution in [3.05, 3.63) is 65.4 Å². The van der Waals surface area contributed by atoms with E-state index in [-0.39, 0.29) is 5.91 Å². The third kappa shape index (κ3) is 4.11. The summed E-state index contributed by atoms with van der Waals surface area (Å²) in [5.74, 6) is 1.06. The summed E-state index contributed by atoms with van der Waals surface area (Å²) in [6, 6.07) is 15.5. The molecule has 1 amide bonds. The largest absolute Gasteiger partial charge is 0.493 e. The van der Waals surface area contributed by atoms with E-state index in [9.17, 15) is 4.79 Å². The molecule has 140 valence electrons. The predicted molar refractivity (Wildman–Crippen MR) is 104 cm³/mol. The summed E-state index contributed by atoms with van der Waals surface area (Å²) in [7, 11) is 5.01. The summed E-state index contributed by atoms with van der Waals surface area (Å²) in [5.41, 5.74) is 4.40. The summed E-state index contributed by atoms with van der Waals surface area (Å²) < 4.78 is 12.2. The monoisotopic (exact) mass is 365 g/mol. The maximum absolute atomic E-state index is 12.5. The number of nitrogens with one attached hydrogen (secondary N) is 1. The fourth-order valence-corrected chi connectivity index (χ4v) is 2.84. The minimum atomic E-state index is -0.223. The van der Waals surface area contributed by atoms with E-state index in [1.165, 1.54) is 5.56 Å². The molecule has 0 atom stereocenters. The number of hydrogen-bond donors (Lipinski definition) is 1. The molecule has 0 aliphatic heterocycles. The van der Waals surface area contributed by atoms with Gasteiger partial charge in [-0.3, -0.25) is 9.48 Å². The van der Waals surface area contributed by atoms with Crippen LogP contribution in [0.4, 0.5) is 0 Å². The minimum Gasteiger partial charge on any atom is -0.493 e. The zero-order chi connectivity index (χ0) is 19.4. The van der Waals surface area contributed by atoms with Crippen LogP contribution in [0.15, 0.2) is 48.5 Å². The highest BCUT2D eigenvalue weighted by atomic mass is 16.5. The van der Waals surface area contributed by atoms with Gasteiger partial charge in [0.15, 0.2) is 17.2 Å². The standard InChI is InChI=1S/C21H23N3O3/c1-14-5-8-16(9-6-14)18-12-17(23-24(18)2)21(25)22-13-15-7-10-19(26-3)20(11-15)27-4/h5-12H,13H2,1-4H3,(H,22,25). The van der Waals surface area contributed by atoms with Crippen LogP contribution in [0.5, 0.6) is 11.5 Å². The SMILES string of the molecule is COc1ccc(CNC(=O)c2cc(-c3ccc(C)cc3)n(C)n2)cc1OC. The van der Waals surface area contributed by atoms with Gasteiger partial charge in [0, 0.05) is 13.6 Å². The Bertz CT molecular complexity index is 946. The average Bonchev–Trinajstić information content (AvgIpc) is 3.08. The molecule has 0 aliphatic carbocycles. The molecule has 0 fully saturated rings. The Morgan fingerprint density at radius 2 is 1.74 bits per heavy atom. The Morgan fingerprint density at radius 3 is 2.41 bits per heavy atom. The highest BCUT2D eigenvalue weighted by molar-refractivity contribution is 5.93. The molecule has 27 heavy (non-hydrogen) atoms. The fraction of sp³-hybridized carbons (Fsp3) is 0.238. The molecule has 3 aromatic rings. The molecule has 0 radical (unpaired) electrons. The van der Waals surface area contributed by atoms with Crippen molar-refractivity contribution in [2.75, 3.05) is 14.2 Å². The van der Waals surface area contributed by atoms with Gasteiger partial charge in [0.05, 0.1) is 19.9 Å². The lowest BCUT2D eigenvalue weighted by Crippen LogP contribution is -2.23. The van der Waals surface area contributed by atoms with Crippen molar-refractivity contribution in [3.8, 4) is 22.8 Å². The Labute approximate surface area is 158 Å². The molecule has 1 heterocycles. The van der Waals surface area contributed by atoms with Gasteiger partial charge in [-0.2, -0.15) is 5.10 Å². The van der Waals surface area contributed by atoms with Gasteiger partial charge in [0.2, 0.25) is 0 Å². The molecule has 1 N–H and O–H groups in total. The van der Waals surface area contributed by atoms with Gasteiger partial charge in [0.1, 0.15) is 0 Å². The molecule has 3 rings (SSSR count). The van der Waals surface area contributed by atoms with Crippen molar-refractivity contribution in [1.29, 1.82) is 0 Å². The molecule has 6 nitrogen and oxygen atoms in total. The van der Waals surface area contributed by atoms with Crippen LogP contribution in [-0.2, 0) is 13.6 Å². The van der Waals surface area contributed by atoms with Crippen molar-refractivity contribution in [1.82, 2.24) is 15.1 Å². The Kier molecular flexibility index (Phi) is 5.45. The van der Waals surface area contributed by atoms with Gasteiger partial charge in [-0.25, -0.2) is 0 Å². The molecule has 6 heteroatoms. The first-order valence-corrected chi connectivity index (χ1v) is 8.62. The number of ether oxygens (including phenoxy) is 2. The second-order valence-corrected chi connectivity index (χ2v) is 6.28. The fourth-order valence-electron chi connectivity index (χ4n) is 2.84. The van der Waals surface area contributed by atoms with E-state index in [4.69, 9.17) is 9.47 Å².